The second-order valence-corrected chi connectivity index (χ2v) is 8.75. The molecule has 9 heteroatoms. The molecule has 2 aliphatic rings. The Morgan fingerprint density at radius 3 is 2.54 bits per heavy atom. The number of benzene rings is 1. The molecule has 0 aliphatic carbocycles. The number of fused-ring (bicyclic) bond motifs is 1. The van der Waals surface area contributed by atoms with E-state index in [2.05, 4.69) is 0 Å². The summed E-state index contributed by atoms with van der Waals surface area (Å²) >= 11 is 5.46. The third kappa shape index (κ3) is 2.86. The molecule has 24 heavy (non-hydrogen) atoms. The minimum atomic E-state index is -3.26. The Morgan fingerprint density at radius 2 is 1.92 bits per heavy atom. The van der Waals surface area contributed by atoms with Crippen LogP contribution < -0.4 is 4.90 Å². The number of hydrogen-bond acceptors (Lipinski definition) is 4. The van der Waals surface area contributed by atoms with Crippen molar-refractivity contribution in [3.8, 4) is 0 Å². The van der Waals surface area contributed by atoms with Gasteiger partial charge < -0.3 is 14.7 Å². The summed E-state index contributed by atoms with van der Waals surface area (Å²) in [6, 6.07) is 5.20. The first-order valence-electron chi connectivity index (χ1n) is 7.46. The molecule has 0 spiro atoms. The second-order valence-electron chi connectivity index (χ2n) is 6.23. The second kappa shape index (κ2) is 5.96. The minimum Gasteiger partial charge on any atom is -0.347 e. The number of hydrogen-bond donors (Lipinski definition) is 0. The summed E-state index contributed by atoms with van der Waals surface area (Å²) in [5.74, 6) is -0.832. The van der Waals surface area contributed by atoms with E-state index < -0.39 is 27.7 Å². The quantitative estimate of drug-likeness (QED) is 0.721. The lowest BCUT2D eigenvalue weighted by Gasteiger charge is -2.26. The number of rotatable bonds is 3. The highest BCUT2D eigenvalue weighted by Gasteiger charge is 2.52. The van der Waals surface area contributed by atoms with E-state index in [0.717, 1.165) is 0 Å². The van der Waals surface area contributed by atoms with Gasteiger partial charge >= 0.3 is 0 Å². The maximum Gasteiger partial charge on any atom is 0.241 e. The van der Waals surface area contributed by atoms with Gasteiger partial charge in [0.25, 0.3) is 0 Å². The highest BCUT2D eigenvalue weighted by Crippen LogP contribution is 2.36. The standard InChI is InChI=1S/C15H18FN3O3S2/c1-17(2)14(20)7-18-12-8-24(21,22)9-13(12)19(15(18)23)11-6-4-3-5-10(11)16/h3-6,12-13H,7-9H2,1-2H3/t12-,13+/m0/s1. The van der Waals surface area contributed by atoms with Crippen LogP contribution in [0, 0.1) is 5.82 Å². The van der Waals surface area contributed by atoms with Crippen molar-refractivity contribution in [2.24, 2.45) is 0 Å². The summed E-state index contributed by atoms with van der Waals surface area (Å²) in [4.78, 5) is 16.7. The Labute approximate surface area is 145 Å². The first-order chi connectivity index (χ1) is 11.2. The summed E-state index contributed by atoms with van der Waals surface area (Å²) in [5.41, 5.74) is 0.245. The number of nitrogens with zero attached hydrogens (tertiary/aromatic N) is 3. The maximum atomic E-state index is 14.2. The lowest BCUT2D eigenvalue weighted by atomic mass is 10.1. The highest BCUT2D eigenvalue weighted by atomic mass is 32.2. The molecule has 1 amide bonds. The average Bonchev–Trinajstić information content (AvgIpc) is 2.92. The maximum absolute atomic E-state index is 14.2. The number of likely N-dealkylation sites (N-methyl/N-ethyl adjacent to an activating group) is 1. The van der Waals surface area contributed by atoms with Crippen LogP contribution in [0.2, 0.25) is 0 Å². The van der Waals surface area contributed by atoms with E-state index in [9.17, 15) is 17.6 Å². The Balaban J connectivity index is 2.00. The van der Waals surface area contributed by atoms with Crippen LogP contribution in [-0.4, -0.2) is 73.5 Å². The largest absolute Gasteiger partial charge is 0.347 e. The zero-order valence-corrected chi connectivity index (χ0v) is 15.0. The molecule has 1 aromatic carbocycles. The van der Waals surface area contributed by atoms with Crippen LogP contribution in [0.3, 0.4) is 0 Å². The number of carbonyl (C=O) groups is 1. The molecule has 2 aliphatic heterocycles. The highest BCUT2D eigenvalue weighted by molar-refractivity contribution is 7.91. The molecule has 3 rings (SSSR count). The molecule has 6 nitrogen and oxygen atoms in total. The first kappa shape index (κ1) is 17.1. The molecule has 0 saturated carbocycles. The van der Waals surface area contributed by atoms with Crippen molar-refractivity contribution in [3.05, 3.63) is 30.1 Å². The zero-order valence-electron chi connectivity index (χ0n) is 13.3. The lowest BCUT2D eigenvalue weighted by molar-refractivity contribution is -0.129. The SMILES string of the molecule is CN(C)C(=O)CN1C(=S)N(c2ccccc2F)[C@@H]2CS(=O)(=O)C[C@@H]21. The van der Waals surface area contributed by atoms with Crippen molar-refractivity contribution in [1.29, 1.82) is 0 Å². The summed E-state index contributed by atoms with van der Waals surface area (Å²) in [5, 5.41) is 0.292. The molecule has 2 heterocycles. The fourth-order valence-corrected chi connectivity index (χ4v) is 5.56. The molecule has 0 unspecified atom stereocenters. The number of carbonyl (C=O) groups excluding carboxylic acids is 1. The van der Waals surface area contributed by atoms with Crippen LogP contribution >= 0.6 is 12.2 Å². The van der Waals surface area contributed by atoms with Crippen LogP contribution in [0.25, 0.3) is 0 Å². The van der Waals surface area contributed by atoms with Gasteiger partial charge in [-0.1, -0.05) is 12.1 Å². The van der Waals surface area contributed by atoms with Crippen LogP contribution in [0.1, 0.15) is 0 Å². The zero-order chi connectivity index (χ0) is 17.6. The summed E-state index contributed by atoms with van der Waals surface area (Å²) in [7, 11) is -0.0140. The van der Waals surface area contributed by atoms with E-state index in [1.54, 1.807) is 42.1 Å². The number of para-hydroxylation sites is 1. The predicted molar refractivity (Wildman–Crippen MR) is 93.1 cm³/mol. The normalized spacial score (nSPS) is 25.0. The number of halogens is 1. The van der Waals surface area contributed by atoms with E-state index in [0.29, 0.717) is 5.11 Å². The van der Waals surface area contributed by atoms with Crippen LogP contribution in [-0.2, 0) is 14.6 Å². The van der Waals surface area contributed by atoms with Gasteiger partial charge in [-0.15, -0.1) is 0 Å². The van der Waals surface area contributed by atoms with Gasteiger partial charge in [0.05, 0.1) is 35.8 Å². The Morgan fingerprint density at radius 1 is 1.29 bits per heavy atom. The van der Waals surface area contributed by atoms with Crippen molar-refractivity contribution < 1.29 is 17.6 Å². The molecule has 2 fully saturated rings. The molecule has 130 valence electrons. The summed E-state index contributed by atoms with van der Waals surface area (Å²) < 4.78 is 38.4. The van der Waals surface area contributed by atoms with Gasteiger partial charge in [-0.2, -0.15) is 0 Å². The number of amides is 1. The van der Waals surface area contributed by atoms with Gasteiger partial charge in [-0.25, -0.2) is 12.8 Å². The van der Waals surface area contributed by atoms with Crippen molar-refractivity contribution in [3.63, 3.8) is 0 Å². The summed E-state index contributed by atoms with van der Waals surface area (Å²) in [6.45, 7) is -0.0204. The van der Waals surface area contributed by atoms with E-state index in [4.69, 9.17) is 12.2 Å². The molecule has 1 aromatic rings. The Hall–Kier alpha value is -1.74. The third-order valence-corrected chi connectivity index (χ3v) is 6.52. The van der Waals surface area contributed by atoms with Crippen molar-refractivity contribution in [2.75, 3.05) is 37.0 Å². The van der Waals surface area contributed by atoms with E-state index in [-0.39, 0.29) is 29.6 Å². The molecular weight excluding hydrogens is 353 g/mol. The van der Waals surface area contributed by atoms with Gasteiger partial charge in [0.1, 0.15) is 5.82 Å². The monoisotopic (exact) mass is 371 g/mol. The van der Waals surface area contributed by atoms with Gasteiger partial charge in [0.15, 0.2) is 14.9 Å². The molecular formula is C15H18FN3O3S2. The van der Waals surface area contributed by atoms with Crippen LogP contribution in [0.4, 0.5) is 10.1 Å². The number of anilines is 1. The molecule has 0 aromatic heterocycles. The molecule has 0 N–H and O–H groups in total. The third-order valence-electron chi connectivity index (χ3n) is 4.39. The minimum absolute atomic E-state index is 0.0204. The lowest BCUT2D eigenvalue weighted by Crippen LogP contribution is -2.44. The number of sulfone groups is 1. The summed E-state index contributed by atoms with van der Waals surface area (Å²) in [6.07, 6.45) is 0. The number of thiocarbonyl (C=S) groups is 1. The van der Waals surface area contributed by atoms with Gasteiger partial charge in [-0.3, -0.25) is 4.79 Å². The van der Waals surface area contributed by atoms with Gasteiger partial charge in [0.2, 0.25) is 5.91 Å². The fraction of sp³-hybridized carbons (Fsp3) is 0.467. The Kier molecular flexibility index (Phi) is 4.25. The van der Waals surface area contributed by atoms with E-state index in [1.807, 2.05) is 0 Å². The average molecular weight is 371 g/mol. The first-order valence-corrected chi connectivity index (χ1v) is 9.69. The van der Waals surface area contributed by atoms with Crippen molar-refractivity contribution in [2.45, 2.75) is 12.1 Å². The van der Waals surface area contributed by atoms with Gasteiger partial charge in [-0.05, 0) is 24.4 Å². The molecule has 0 radical (unpaired) electrons. The van der Waals surface area contributed by atoms with E-state index in [1.165, 1.54) is 11.0 Å². The van der Waals surface area contributed by atoms with Crippen LogP contribution in [0.15, 0.2) is 24.3 Å². The smallest absolute Gasteiger partial charge is 0.241 e. The fourth-order valence-electron chi connectivity index (χ4n) is 3.18. The topological polar surface area (TPSA) is 60.9 Å². The van der Waals surface area contributed by atoms with Crippen molar-refractivity contribution >= 4 is 38.8 Å². The van der Waals surface area contributed by atoms with Crippen LogP contribution in [0.5, 0.6) is 0 Å². The van der Waals surface area contributed by atoms with Gasteiger partial charge in [0, 0.05) is 14.1 Å². The van der Waals surface area contributed by atoms with Crippen molar-refractivity contribution in [1.82, 2.24) is 9.80 Å². The Bertz CT molecular complexity index is 797. The molecule has 2 atom stereocenters. The molecule has 2 saturated heterocycles. The molecule has 0 bridgehead atoms. The van der Waals surface area contributed by atoms with E-state index >= 15 is 0 Å². The predicted octanol–water partition coefficient (Wildman–Crippen LogP) is 0.486.